The molecular weight excluding hydrogens is 744 g/mol. The SMILES string of the molecule is COC(=O)NC(C(=O)N1CCCC1c1ncc(-c2cc(F)c3c(c2)OC(c2ccc(CC4CC4)s2)n2c-3cc3cc(B4OC(C)(C)C(C)(C)O4)ccc32)[nH]1)C(C)C. The van der Waals surface area contributed by atoms with Crippen molar-refractivity contribution in [2.45, 2.75) is 103 Å². The highest BCUT2D eigenvalue weighted by Gasteiger charge is 2.52. The summed E-state index contributed by atoms with van der Waals surface area (Å²) in [5.41, 5.74) is 3.19. The van der Waals surface area contributed by atoms with E-state index in [-0.39, 0.29) is 17.9 Å². The molecule has 5 aromatic rings. The summed E-state index contributed by atoms with van der Waals surface area (Å²) < 4.78 is 43.3. The number of halogens is 1. The van der Waals surface area contributed by atoms with Crippen LogP contribution in [0.1, 0.15) is 95.1 Å². The summed E-state index contributed by atoms with van der Waals surface area (Å²) in [4.78, 5) is 38.1. The molecule has 2 saturated heterocycles. The molecule has 298 valence electrons. The number of hydrogen-bond acceptors (Lipinski definition) is 8. The number of methoxy groups -OCH3 is 1. The van der Waals surface area contributed by atoms with Crippen LogP contribution in [0.2, 0.25) is 0 Å². The van der Waals surface area contributed by atoms with Crippen molar-refractivity contribution in [1.29, 1.82) is 0 Å². The Morgan fingerprint density at radius 2 is 1.84 bits per heavy atom. The Morgan fingerprint density at radius 3 is 2.56 bits per heavy atom. The number of rotatable bonds is 9. The molecule has 3 aliphatic heterocycles. The van der Waals surface area contributed by atoms with Crippen molar-refractivity contribution >= 4 is 46.8 Å². The number of carbonyl (C=O) groups is 2. The van der Waals surface area contributed by atoms with E-state index in [0.29, 0.717) is 41.4 Å². The maximum atomic E-state index is 16.7. The molecule has 11 nitrogen and oxygen atoms in total. The number of benzene rings is 2. The lowest BCUT2D eigenvalue weighted by Gasteiger charge is -2.32. The van der Waals surface area contributed by atoms with Crippen molar-refractivity contribution in [3.8, 4) is 28.3 Å². The van der Waals surface area contributed by atoms with Gasteiger partial charge in [-0.1, -0.05) is 26.0 Å². The first kappa shape index (κ1) is 37.9. The third-order valence-corrected chi connectivity index (χ3v) is 13.6. The Morgan fingerprint density at radius 1 is 1.07 bits per heavy atom. The van der Waals surface area contributed by atoms with E-state index < -0.39 is 42.5 Å². The number of carbonyl (C=O) groups excluding carboxylic acids is 2. The van der Waals surface area contributed by atoms with Gasteiger partial charge in [-0.2, -0.15) is 0 Å². The molecule has 6 heterocycles. The number of H-pyrrole nitrogens is 1. The summed E-state index contributed by atoms with van der Waals surface area (Å²) in [6.07, 6.45) is 5.62. The molecule has 4 aliphatic rings. The van der Waals surface area contributed by atoms with E-state index in [1.54, 1.807) is 22.4 Å². The van der Waals surface area contributed by atoms with Gasteiger partial charge in [0.2, 0.25) is 12.1 Å². The van der Waals surface area contributed by atoms with E-state index in [9.17, 15) is 9.59 Å². The minimum Gasteiger partial charge on any atom is -0.464 e. The van der Waals surface area contributed by atoms with E-state index in [1.165, 1.54) is 30.9 Å². The van der Waals surface area contributed by atoms with Crippen LogP contribution >= 0.6 is 11.3 Å². The predicted octanol–water partition coefficient (Wildman–Crippen LogP) is 8.13. The number of ether oxygens (including phenoxy) is 2. The fraction of sp³-hybridized carbons (Fsp3) is 0.465. The van der Waals surface area contributed by atoms with Gasteiger partial charge in [0.1, 0.15) is 23.4 Å². The van der Waals surface area contributed by atoms with Gasteiger partial charge in [0.05, 0.1) is 57.9 Å². The van der Waals surface area contributed by atoms with Gasteiger partial charge in [0.15, 0.2) is 0 Å². The minimum absolute atomic E-state index is 0.151. The molecule has 1 aliphatic carbocycles. The van der Waals surface area contributed by atoms with Crippen LogP contribution < -0.4 is 15.5 Å². The number of fused-ring (bicyclic) bond motifs is 5. The average Bonchev–Trinajstić information content (AvgIpc) is 3.65. The second-order valence-corrected chi connectivity index (χ2v) is 18.5. The standard InChI is InChI=1S/C43H49BFN5O6S/c1-23(2)37(48-41(52)53-7)39(51)49-16-8-9-32(49)38-46-22-30(47-38)25-19-29(45)36-33-20-26-18-27(44-55-42(3,4)43(5,6)56-44)12-14-31(26)50(33)40(54-34(36)21-25)35-15-13-28(57-35)17-24-10-11-24/h12-15,18-24,32,37,40H,8-11,16-17H2,1-7H3,(H,46,47)(H,48,52). The molecule has 0 radical (unpaired) electrons. The Hall–Kier alpha value is -4.66. The highest BCUT2D eigenvalue weighted by molar-refractivity contribution is 7.12. The maximum absolute atomic E-state index is 16.7. The van der Waals surface area contributed by atoms with Gasteiger partial charge in [-0.05, 0) is 113 Å². The van der Waals surface area contributed by atoms with Crippen molar-refractivity contribution in [2.75, 3.05) is 13.7 Å². The van der Waals surface area contributed by atoms with Gasteiger partial charge in [0.25, 0.3) is 0 Å². The zero-order valence-corrected chi connectivity index (χ0v) is 34.3. The molecule has 3 unspecified atom stereocenters. The number of nitrogens with zero attached hydrogens (tertiary/aromatic N) is 3. The van der Waals surface area contributed by atoms with Crippen molar-refractivity contribution < 1.29 is 32.8 Å². The molecule has 3 aromatic heterocycles. The van der Waals surface area contributed by atoms with Crippen LogP contribution in [0.25, 0.3) is 33.4 Å². The Kier molecular flexibility index (Phi) is 9.32. The van der Waals surface area contributed by atoms with Gasteiger partial charge < -0.3 is 34.0 Å². The van der Waals surface area contributed by atoms with Crippen molar-refractivity contribution in [3.05, 3.63) is 76.1 Å². The van der Waals surface area contributed by atoms with Crippen LogP contribution in [-0.2, 0) is 25.3 Å². The number of amides is 2. The van der Waals surface area contributed by atoms with Gasteiger partial charge in [-0.25, -0.2) is 14.2 Å². The quantitative estimate of drug-likeness (QED) is 0.145. The molecule has 2 aromatic carbocycles. The smallest absolute Gasteiger partial charge is 0.464 e. The van der Waals surface area contributed by atoms with Crippen molar-refractivity contribution in [3.63, 3.8) is 0 Å². The summed E-state index contributed by atoms with van der Waals surface area (Å²) in [6, 6.07) is 14.9. The molecular formula is C43H49BFN5O6S. The first-order valence-corrected chi connectivity index (χ1v) is 20.8. The van der Waals surface area contributed by atoms with Crippen molar-refractivity contribution in [2.24, 2.45) is 11.8 Å². The van der Waals surface area contributed by atoms with Crippen molar-refractivity contribution in [1.82, 2.24) is 24.8 Å². The lowest BCUT2D eigenvalue weighted by Crippen LogP contribution is -2.51. The first-order valence-electron chi connectivity index (χ1n) is 20.0. The van der Waals surface area contributed by atoms with Crippen LogP contribution in [-0.4, -0.2) is 69.5 Å². The molecule has 0 spiro atoms. The lowest BCUT2D eigenvalue weighted by atomic mass is 9.78. The van der Waals surface area contributed by atoms with Gasteiger partial charge in [-0.15, -0.1) is 11.3 Å². The highest BCUT2D eigenvalue weighted by Crippen LogP contribution is 2.48. The van der Waals surface area contributed by atoms with E-state index in [2.05, 4.69) is 39.1 Å². The maximum Gasteiger partial charge on any atom is 0.494 e. The summed E-state index contributed by atoms with van der Waals surface area (Å²) >= 11 is 1.76. The van der Waals surface area contributed by atoms with E-state index in [0.717, 1.165) is 45.7 Å². The Labute approximate surface area is 336 Å². The number of alkyl carbamates (subject to hydrolysis) is 1. The summed E-state index contributed by atoms with van der Waals surface area (Å²) in [5, 5.41) is 3.63. The van der Waals surface area contributed by atoms with Crippen LogP contribution in [0.5, 0.6) is 5.75 Å². The average molecular weight is 794 g/mol. The number of hydrogen-bond donors (Lipinski definition) is 2. The van der Waals surface area contributed by atoms with E-state index in [4.69, 9.17) is 23.8 Å². The summed E-state index contributed by atoms with van der Waals surface area (Å²) in [5.74, 6) is 1.03. The number of aromatic amines is 1. The van der Waals surface area contributed by atoms with Gasteiger partial charge in [0, 0.05) is 22.4 Å². The highest BCUT2D eigenvalue weighted by atomic mass is 32.1. The molecule has 9 rings (SSSR count). The molecule has 14 heteroatoms. The fourth-order valence-electron chi connectivity index (χ4n) is 8.35. The Bertz CT molecular complexity index is 2370. The second kappa shape index (κ2) is 14.0. The number of likely N-dealkylation sites (tertiary alicyclic amines) is 1. The van der Waals surface area contributed by atoms with Crippen LogP contribution in [0.15, 0.2) is 54.7 Å². The second-order valence-electron chi connectivity index (χ2n) is 17.3. The van der Waals surface area contributed by atoms with E-state index in [1.807, 2.05) is 59.7 Å². The topological polar surface area (TPSA) is 120 Å². The van der Waals surface area contributed by atoms with Crippen LogP contribution in [0.4, 0.5) is 9.18 Å². The third kappa shape index (κ3) is 6.73. The third-order valence-electron chi connectivity index (χ3n) is 12.4. The normalized spacial score (nSPS) is 21.4. The molecule has 3 atom stereocenters. The Balaban J connectivity index is 1.07. The lowest BCUT2D eigenvalue weighted by molar-refractivity contribution is -0.135. The molecule has 2 amide bonds. The molecule has 1 saturated carbocycles. The molecule has 3 fully saturated rings. The number of aromatic nitrogens is 3. The summed E-state index contributed by atoms with van der Waals surface area (Å²) in [7, 11) is 0.751. The molecule has 0 bridgehead atoms. The minimum atomic E-state index is -0.744. The van der Waals surface area contributed by atoms with Gasteiger partial charge in [-0.3, -0.25) is 9.36 Å². The summed E-state index contributed by atoms with van der Waals surface area (Å²) in [6.45, 7) is 12.5. The largest absolute Gasteiger partial charge is 0.494 e. The number of nitrogens with one attached hydrogen (secondary N) is 2. The molecule has 2 N–H and O–H groups in total. The predicted molar refractivity (Wildman–Crippen MR) is 218 cm³/mol. The number of imidazole rings is 1. The zero-order chi connectivity index (χ0) is 40.0. The van der Waals surface area contributed by atoms with Gasteiger partial charge >= 0.3 is 13.2 Å². The number of thiophene rings is 1. The first-order chi connectivity index (χ1) is 27.2. The van der Waals surface area contributed by atoms with Crippen LogP contribution in [0.3, 0.4) is 0 Å². The molecule has 57 heavy (non-hydrogen) atoms. The zero-order valence-electron chi connectivity index (χ0n) is 33.5. The monoisotopic (exact) mass is 793 g/mol. The van der Waals surface area contributed by atoms with E-state index >= 15 is 4.39 Å². The van der Waals surface area contributed by atoms with Crippen LogP contribution in [0, 0.1) is 17.7 Å². The fourth-order valence-corrected chi connectivity index (χ4v) is 9.50.